The Bertz CT molecular complexity index is 581. The summed E-state index contributed by atoms with van der Waals surface area (Å²) < 4.78 is 1.87. The molecule has 80 valence electrons. The average molecular weight is 213 g/mol. The number of hydrogen-bond acceptors (Lipinski definition) is 3. The molecule has 0 unspecified atom stereocenters. The summed E-state index contributed by atoms with van der Waals surface area (Å²) >= 11 is 0. The number of nitrogens with zero attached hydrogens (tertiary/aromatic N) is 3. The van der Waals surface area contributed by atoms with E-state index in [1.807, 2.05) is 35.2 Å². The summed E-state index contributed by atoms with van der Waals surface area (Å²) in [5, 5.41) is 14.2. The number of rotatable bonds is 3. The predicted octanol–water partition coefficient (Wildman–Crippen LogP) is 1.67. The van der Waals surface area contributed by atoms with Crippen molar-refractivity contribution in [2.45, 2.75) is 6.54 Å². The molecule has 5 nitrogen and oxygen atoms in total. The van der Waals surface area contributed by atoms with Crippen LogP contribution in [0, 0.1) is 0 Å². The van der Waals surface area contributed by atoms with Crippen molar-refractivity contribution in [3.63, 3.8) is 0 Å². The Morgan fingerprint density at radius 3 is 3.19 bits per heavy atom. The number of aromatic amines is 1. The van der Waals surface area contributed by atoms with E-state index in [0.717, 1.165) is 17.7 Å². The highest BCUT2D eigenvalue weighted by atomic mass is 15.2. The van der Waals surface area contributed by atoms with Crippen molar-refractivity contribution >= 4 is 11.2 Å². The molecule has 3 aromatic heterocycles. The van der Waals surface area contributed by atoms with Gasteiger partial charge in [0.15, 0.2) is 0 Å². The molecule has 3 heterocycles. The summed E-state index contributed by atoms with van der Waals surface area (Å²) in [4.78, 5) is 0. The Hall–Kier alpha value is -2.30. The molecule has 3 aromatic rings. The maximum atomic E-state index is 4.27. The lowest BCUT2D eigenvalue weighted by Crippen LogP contribution is -1.97. The van der Waals surface area contributed by atoms with Gasteiger partial charge >= 0.3 is 0 Å². The molecule has 2 N–H and O–H groups in total. The van der Waals surface area contributed by atoms with Crippen LogP contribution in [0.15, 0.2) is 43.0 Å². The van der Waals surface area contributed by atoms with Crippen LogP contribution in [0.3, 0.4) is 0 Å². The lowest BCUT2D eigenvalue weighted by Gasteiger charge is -2.01. The van der Waals surface area contributed by atoms with Gasteiger partial charge in [-0.15, -0.1) is 0 Å². The van der Waals surface area contributed by atoms with Crippen molar-refractivity contribution < 1.29 is 0 Å². The van der Waals surface area contributed by atoms with Crippen LogP contribution in [0.4, 0.5) is 5.69 Å². The summed E-state index contributed by atoms with van der Waals surface area (Å²) in [5.74, 6) is 0. The Labute approximate surface area is 92.1 Å². The van der Waals surface area contributed by atoms with Crippen LogP contribution in [-0.2, 0) is 6.54 Å². The van der Waals surface area contributed by atoms with Crippen molar-refractivity contribution in [2.24, 2.45) is 0 Å². The molecule has 0 aliphatic heterocycles. The lowest BCUT2D eigenvalue weighted by atomic mass is 10.2. The van der Waals surface area contributed by atoms with Crippen LogP contribution in [0.25, 0.3) is 5.52 Å². The molecule has 0 spiro atoms. The lowest BCUT2D eigenvalue weighted by molar-refractivity contribution is 0.961. The third-order valence-electron chi connectivity index (χ3n) is 2.49. The van der Waals surface area contributed by atoms with Crippen LogP contribution in [0.5, 0.6) is 0 Å². The number of fused-ring (bicyclic) bond motifs is 1. The second-order valence-electron chi connectivity index (χ2n) is 3.54. The van der Waals surface area contributed by atoms with Gasteiger partial charge in [-0.25, -0.2) is 4.52 Å². The van der Waals surface area contributed by atoms with Crippen molar-refractivity contribution in [3.05, 3.63) is 48.5 Å². The highest BCUT2D eigenvalue weighted by Crippen LogP contribution is 2.12. The molecule has 0 aliphatic carbocycles. The highest BCUT2D eigenvalue weighted by molar-refractivity contribution is 5.54. The first-order valence-electron chi connectivity index (χ1n) is 5.07. The third kappa shape index (κ3) is 1.52. The third-order valence-corrected chi connectivity index (χ3v) is 2.49. The molecule has 3 rings (SSSR count). The molecule has 0 aliphatic rings. The average Bonchev–Trinajstić information content (AvgIpc) is 2.96. The van der Waals surface area contributed by atoms with E-state index < -0.39 is 0 Å². The second kappa shape index (κ2) is 3.69. The minimum atomic E-state index is 0.743. The van der Waals surface area contributed by atoms with E-state index >= 15 is 0 Å². The van der Waals surface area contributed by atoms with Gasteiger partial charge in [-0.2, -0.15) is 10.2 Å². The zero-order valence-electron chi connectivity index (χ0n) is 8.59. The fraction of sp³-hybridized carbons (Fsp3) is 0.0909. The van der Waals surface area contributed by atoms with Gasteiger partial charge in [0.2, 0.25) is 0 Å². The maximum Gasteiger partial charge on any atom is 0.0726 e. The Kier molecular flexibility index (Phi) is 2.07. The number of pyridine rings is 1. The predicted molar refractivity (Wildman–Crippen MR) is 61.1 cm³/mol. The summed E-state index contributed by atoms with van der Waals surface area (Å²) in [7, 11) is 0. The first-order valence-corrected chi connectivity index (χ1v) is 5.07. The summed E-state index contributed by atoms with van der Waals surface area (Å²) in [6.07, 6.45) is 7.40. The van der Waals surface area contributed by atoms with Crippen molar-refractivity contribution in [3.8, 4) is 0 Å². The zero-order valence-corrected chi connectivity index (χ0v) is 8.59. The molecule has 0 radical (unpaired) electrons. The maximum absolute atomic E-state index is 4.27. The standard InChI is InChI=1S/C11H11N5/c1-2-4-16-11(3-1)9(6-15-16)5-12-10-7-13-14-8-10/h1-4,6-8,12H,5H2,(H,13,14). The number of H-pyrrole nitrogens is 1. The van der Waals surface area contributed by atoms with Gasteiger partial charge in [-0.3, -0.25) is 5.10 Å². The largest absolute Gasteiger partial charge is 0.378 e. The van der Waals surface area contributed by atoms with Gasteiger partial charge in [0.25, 0.3) is 0 Å². The van der Waals surface area contributed by atoms with E-state index in [4.69, 9.17) is 0 Å². The van der Waals surface area contributed by atoms with Crippen LogP contribution >= 0.6 is 0 Å². The van der Waals surface area contributed by atoms with Gasteiger partial charge in [0.1, 0.15) is 0 Å². The fourth-order valence-corrected chi connectivity index (χ4v) is 1.67. The van der Waals surface area contributed by atoms with Crippen LogP contribution in [-0.4, -0.2) is 19.8 Å². The molecular weight excluding hydrogens is 202 g/mol. The minimum absolute atomic E-state index is 0.743. The van der Waals surface area contributed by atoms with E-state index in [9.17, 15) is 0 Å². The molecule has 0 fully saturated rings. The molecule has 5 heteroatoms. The van der Waals surface area contributed by atoms with E-state index in [0.29, 0.717) is 0 Å². The number of hydrogen-bond donors (Lipinski definition) is 2. The first-order chi connectivity index (χ1) is 7.93. The quantitative estimate of drug-likeness (QED) is 0.695. The fourth-order valence-electron chi connectivity index (χ4n) is 1.67. The monoisotopic (exact) mass is 213 g/mol. The molecule has 16 heavy (non-hydrogen) atoms. The van der Waals surface area contributed by atoms with Gasteiger partial charge in [0, 0.05) is 24.5 Å². The smallest absolute Gasteiger partial charge is 0.0726 e. The highest BCUT2D eigenvalue weighted by Gasteiger charge is 2.02. The molecule has 0 aromatic carbocycles. The van der Waals surface area contributed by atoms with Crippen LogP contribution in [0.1, 0.15) is 5.56 Å². The summed E-state index contributed by atoms with van der Waals surface area (Å²) in [6, 6.07) is 6.03. The summed E-state index contributed by atoms with van der Waals surface area (Å²) in [6.45, 7) is 0.743. The first kappa shape index (κ1) is 8.96. The van der Waals surface area contributed by atoms with E-state index in [-0.39, 0.29) is 0 Å². The normalized spacial score (nSPS) is 10.8. The Morgan fingerprint density at radius 1 is 1.31 bits per heavy atom. The topological polar surface area (TPSA) is 58.0 Å². The minimum Gasteiger partial charge on any atom is -0.378 e. The summed E-state index contributed by atoms with van der Waals surface area (Å²) in [5.41, 5.74) is 3.27. The zero-order chi connectivity index (χ0) is 10.8. The van der Waals surface area contributed by atoms with Crippen molar-refractivity contribution in [2.75, 3.05) is 5.32 Å². The van der Waals surface area contributed by atoms with E-state index in [2.05, 4.69) is 26.7 Å². The van der Waals surface area contributed by atoms with Crippen LogP contribution in [0.2, 0.25) is 0 Å². The molecule has 0 amide bonds. The van der Waals surface area contributed by atoms with Crippen LogP contribution < -0.4 is 5.32 Å². The molecule has 0 bridgehead atoms. The number of aromatic nitrogens is 4. The Balaban J connectivity index is 1.84. The molecule has 0 saturated carbocycles. The van der Waals surface area contributed by atoms with Gasteiger partial charge < -0.3 is 5.32 Å². The Morgan fingerprint density at radius 2 is 2.31 bits per heavy atom. The number of anilines is 1. The molecular formula is C11H11N5. The molecule has 0 saturated heterocycles. The van der Waals surface area contributed by atoms with Crippen molar-refractivity contribution in [1.29, 1.82) is 0 Å². The van der Waals surface area contributed by atoms with Gasteiger partial charge in [0.05, 0.1) is 23.6 Å². The molecule has 0 atom stereocenters. The van der Waals surface area contributed by atoms with E-state index in [1.165, 1.54) is 5.56 Å². The van der Waals surface area contributed by atoms with E-state index in [1.54, 1.807) is 6.20 Å². The number of nitrogens with one attached hydrogen (secondary N) is 2. The second-order valence-corrected chi connectivity index (χ2v) is 3.54. The SMILES string of the molecule is c1ccn2ncc(CNc3cn[nH]c3)c2c1. The van der Waals surface area contributed by atoms with Gasteiger partial charge in [-0.05, 0) is 12.1 Å². The van der Waals surface area contributed by atoms with Crippen molar-refractivity contribution in [1.82, 2.24) is 19.8 Å². The van der Waals surface area contributed by atoms with Gasteiger partial charge in [-0.1, -0.05) is 6.07 Å².